The Kier molecular flexibility index (Phi) is 25.5. The topological polar surface area (TPSA) is 248 Å². The van der Waals surface area contributed by atoms with Crippen LogP contribution in [0.4, 0.5) is 25.2 Å². The zero-order valence-electron chi connectivity index (χ0n) is 39.9. The maximum atomic E-state index is 9.87. The number of rotatable bonds is 24. The van der Waals surface area contributed by atoms with Crippen LogP contribution in [-0.4, -0.2) is 170 Å². The number of aromatic amines is 3. The van der Waals surface area contributed by atoms with Gasteiger partial charge in [-0.1, -0.05) is 36.1 Å². The van der Waals surface area contributed by atoms with Gasteiger partial charge in [-0.05, 0) is 58.6 Å². The fraction of sp³-hybridized carbons (Fsp3) is 0.429. The molecular weight excluding hydrogens is 1040 g/mol. The third kappa shape index (κ3) is 30.6. The summed E-state index contributed by atoms with van der Waals surface area (Å²) in [7, 11) is -10.7. The van der Waals surface area contributed by atoms with Gasteiger partial charge in [-0.3, -0.25) is 39.8 Å². The van der Waals surface area contributed by atoms with Crippen LogP contribution in [0.25, 0.3) is 0 Å². The number of aryl methyl sites for hydroxylation is 6. The van der Waals surface area contributed by atoms with Gasteiger partial charge in [-0.2, -0.15) is 0 Å². The summed E-state index contributed by atoms with van der Waals surface area (Å²) < 4.78 is 59.2. The fourth-order valence-electron chi connectivity index (χ4n) is 5.72. The van der Waals surface area contributed by atoms with Crippen LogP contribution in [0.3, 0.4) is 0 Å². The first kappa shape index (κ1) is 61.4. The summed E-state index contributed by atoms with van der Waals surface area (Å²) in [5.41, 5.74) is 4.91. The molecule has 0 bridgehead atoms. The minimum Gasteiger partial charge on any atom is 2.00 e. The molecule has 0 unspecified atom stereocenters. The van der Waals surface area contributed by atoms with Gasteiger partial charge in [-0.25, -0.2) is 15.0 Å². The number of halogens is 6. The first-order valence-corrected chi connectivity index (χ1v) is 23.6. The third-order valence-electron chi connectivity index (χ3n) is 8.81. The quantitative estimate of drug-likeness (QED) is 0.0285. The summed E-state index contributed by atoms with van der Waals surface area (Å²) in [5, 5.41) is 0. The van der Waals surface area contributed by atoms with Crippen molar-refractivity contribution in [1.29, 1.82) is 0 Å². The molecule has 388 valence electrons. The van der Waals surface area contributed by atoms with Crippen molar-refractivity contribution in [1.82, 2.24) is 69.6 Å². The first-order valence-electron chi connectivity index (χ1n) is 21.6. The molecule has 0 radical (unpaired) electrons. The number of aromatic nitrogens is 12. The standard InChI is InChI=1S/C21H30N10.C21H27N10.F6P.2Fe/c2*1-16-25-13-19(28-16)10-22-4-7-31(8-5-23-11-20-14-26-17(2)29-20)9-6-24-12-21-15-27-18(3)30-21;1-7(2,3,4,5)6;;/h10-15H,4-9H2,1-3H3,(H,25,28)(H,26,29)(H,27,30);10-15H,4-9H2,1-3H3;;;/q;-3;-1;2*+2. The second-order valence-corrected chi connectivity index (χ2v) is 17.0. The number of hydrogen-bond donors (Lipinski definition) is 3. The summed E-state index contributed by atoms with van der Waals surface area (Å²) in [6.45, 7) is 20.3. The SMILES string of the molecule is Cc1nc(C=NCCN(CCN=Cc2c[n-]c(C)n2)CCN=Cc2c[n-]c(C)n2)c[n-]1.Cc1nc(C=NCCN(CCN=Cc2c[nH]c(C)n2)CCN=Cc2c[nH]c(C)n2)c[nH]1.F[P-](F)(F)(F)(F)F.[Fe+2].[Fe+2]. The molecule has 6 heterocycles. The summed E-state index contributed by atoms with van der Waals surface area (Å²) in [6, 6.07) is 0. The molecule has 0 saturated heterocycles. The van der Waals surface area contributed by atoms with Gasteiger partial charge in [0.25, 0.3) is 0 Å². The average Bonchev–Trinajstić information content (AvgIpc) is 4.15. The zero-order valence-corrected chi connectivity index (χ0v) is 43.0. The molecule has 0 aliphatic heterocycles. The largest absolute Gasteiger partial charge is 2.00 e. The van der Waals surface area contributed by atoms with Crippen molar-refractivity contribution in [3.05, 3.63) is 106 Å². The molecule has 0 aliphatic rings. The summed E-state index contributed by atoms with van der Waals surface area (Å²) in [6.07, 6.45) is 21.4. The maximum Gasteiger partial charge on any atom is 2.00 e. The van der Waals surface area contributed by atoms with Crippen molar-refractivity contribution >= 4 is 45.1 Å². The molecule has 0 spiro atoms. The van der Waals surface area contributed by atoms with E-state index >= 15 is 0 Å². The van der Waals surface area contributed by atoms with Crippen LogP contribution in [0.5, 0.6) is 0 Å². The van der Waals surface area contributed by atoms with E-state index in [4.69, 9.17) is 0 Å². The van der Waals surface area contributed by atoms with E-state index in [1.165, 1.54) is 0 Å². The number of imidazole rings is 6. The van der Waals surface area contributed by atoms with Gasteiger partial charge in [0.2, 0.25) is 0 Å². The van der Waals surface area contributed by atoms with Crippen LogP contribution in [0.2, 0.25) is 0 Å². The number of nitrogens with one attached hydrogen (secondary N) is 3. The summed E-state index contributed by atoms with van der Waals surface area (Å²) in [4.78, 5) is 78.9. The second-order valence-electron chi connectivity index (χ2n) is 15.1. The summed E-state index contributed by atoms with van der Waals surface area (Å²) >= 11 is 0. The van der Waals surface area contributed by atoms with E-state index in [0.717, 1.165) is 108 Å². The van der Waals surface area contributed by atoms with E-state index in [1.54, 1.807) is 55.9 Å². The van der Waals surface area contributed by atoms with Crippen LogP contribution < -0.4 is 15.0 Å². The van der Waals surface area contributed by atoms with Crippen molar-refractivity contribution in [3.8, 4) is 0 Å². The Balaban J connectivity index is 0.000000418. The maximum absolute atomic E-state index is 10.7. The normalized spacial score (nSPS) is 13.1. The van der Waals surface area contributed by atoms with Crippen LogP contribution in [0.15, 0.2) is 67.1 Å². The first-order chi connectivity index (χ1) is 32.6. The van der Waals surface area contributed by atoms with E-state index in [-0.39, 0.29) is 34.1 Å². The second kappa shape index (κ2) is 29.6. The van der Waals surface area contributed by atoms with Gasteiger partial charge in [0.15, 0.2) is 0 Å². The molecule has 0 aliphatic carbocycles. The minimum absolute atomic E-state index is 0. The monoisotopic (exact) mass is 1100 g/mol. The molecule has 0 amide bonds. The van der Waals surface area contributed by atoms with Gasteiger partial charge in [0, 0.05) is 95.1 Å². The van der Waals surface area contributed by atoms with Gasteiger partial charge in [0.1, 0.15) is 17.5 Å². The number of H-pyrrole nitrogens is 3. The predicted molar refractivity (Wildman–Crippen MR) is 258 cm³/mol. The predicted octanol–water partition coefficient (Wildman–Crippen LogP) is 5.75. The Hall–Kier alpha value is -5.75. The van der Waals surface area contributed by atoms with Gasteiger partial charge in [-0.15, -0.1) is 0 Å². The van der Waals surface area contributed by atoms with E-state index in [1.807, 2.05) is 60.1 Å². The van der Waals surface area contributed by atoms with Gasteiger partial charge in [0.05, 0.1) is 56.4 Å². The van der Waals surface area contributed by atoms with Gasteiger partial charge >= 0.3 is 67.1 Å². The van der Waals surface area contributed by atoms with Crippen LogP contribution in [0, 0.1) is 41.5 Å². The molecular formula is C42H57F6Fe2N20P. The molecule has 6 aromatic rings. The van der Waals surface area contributed by atoms with Crippen molar-refractivity contribution in [2.45, 2.75) is 41.5 Å². The Morgan fingerprint density at radius 3 is 0.789 bits per heavy atom. The van der Waals surface area contributed by atoms with Crippen LogP contribution in [-0.2, 0) is 34.1 Å². The average molecular weight is 1100 g/mol. The third-order valence-corrected chi connectivity index (χ3v) is 8.81. The zero-order chi connectivity index (χ0) is 50.2. The van der Waals surface area contributed by atoms with E-state index in [0.29, 0.717) is 39.3 Å². The molecule has 0 fully saturated rings. The molecule has 71 heavy (non-hydrogen) atoms. The Morgan fingerprint density at radius 1 is 0.408 bits per heavy atom. The molecule has 29 heteroatoms. The van der Waals surface area contributed by atoms with Crippen LogP contribution >= 0.6 is 7.81 Å². The number of aliphatic imine (C=N–C) groups is 6. The summed E-state index contributed by atoms with van der Waals surface area (Å²) in [5.74, 6) is 4.93. The van der Waals surface area contributed by atoms with Crippen LogP contribution in [0.1, 0.15) is 69.1 Å². The van der Waals surface area contributed by atoms with E-state index in [9.17, 15) is 25.2 Å². The van der Waals surface area contributed by atoms with Crippen molar-refractivity contribution in [2.24, 2.45) is 30.0 Å². The fourth-order valence-corrected chi connectivity index (χ4v) is 5.72. The molecule has 0 aromatic carbocycles. The Labute approximate surface area is 428 Å². The van der Waals surface area contributed by atoms with E-state index in [2.05, 4.69) is 99.6 Å². The van der Waals surface area contributed by atoms with Crippen molar-refractivity contribution < 1.29 is 59.3 Å². The molecule has 0 atom stereocenters. The molecule has 0 saturated carbocycles. The van der Waals surface area contributed by atoms with E-state index < -0.39 is 7.81 Å². The Morgan fingerprint density at radius 2 is 0.620 bits per heavy atom. The smallest absolute Gasteiger partial charge is 2.00 e. The number of nitrogens with zero attached hydrogens (tertiary/aromatic N) is 17. The van der Waals surface area contributed by atoms with Gasteiger partial charge < -0.3 is 44.9 Å². The minimum atomic E-state index is -10.7. The molecule has 3 N–H and O–H groups in total. The van der Waals surface area contributed by atoms with Crippen molar-refractivity contribution in [3.63, 3.8) is 0 Å². The Bertz CT molecular complexity index is 2180. The van der Waals surface area contributed by atoms with Crippen molar-refractivity contribution in [2.75, 3.05) is 78.5 Å². The molecule has 6 aromatic heterocycles. The number of hydrogen-bond acceptors (Lipinski definition) is 14. The molecule has 20 nitrogen and oxygen atoms in total. The molecule has 6 rings (SSSR count).